The summed E-state index contributed by atoms with van der Waals surface area (Å²) in [6.45, 7) is 0.450. The Labute approximate surface area is 133 Å². The summed E-state index contributed by atoms with van der Waals surface area (Å²) < 4.78 is 5.90. The summed E-state index contributed by atoms with van der Waals surface area (Å²) in [5, 5.41) is 0. The highest BCUT2D eigenvalue weighted by Crippen LogP contribution is 2.28. The summed E-state index contributed by atoms with van der Waals surface area (Å²) in [5.41, 5.74) is 7.69. The Morgan fingerprint density at radius 3 is 2.52 bits per heavy atom. The van der Waals surface area contributed by atoms with Gasteiger partial charge in [0.25, 0.3) is 5.91 Å². The maximum atomic E-state index is 11.2. The van der Waals surface area contributed by atoms with Crippen molar-refractivity contribution in [3.05, 3.63) is 78.2 Å². The lowest BCUT2D eigenvalue weighted by atomic mass is 10.1. The van der Waals surface area contributed by atoms with Crippen LogP contribution >= 0.6 is 0 Å². The predicted molar refractivity (Wildman–Crippen MR) is 86.8 cm³/mol. The minimum absolute atomic E-state index is 0.0136. The normalized spacial score (nSPS) is 10.3. The van der Waals surface area contributed by atoms with Crippen molar-refractivity contribution < 1.29 is 9.53 Å². The molecular formula is C18H15N3O2. The number of nitrogens with two attached hydrogens (primary N) is 1. The van der Waals surface area contributed by atoms with E-state index in [1.165, 1.54) is 6.20 Å². The number of benzene rings is 2. The van der Waals surface area contributed by atoms with Crippen LogP contribution in [0, 0.1) is 0 Å². The summed E-state index contributed by atoms with van der Waals surface area (Å²) >= 11 is 0. The van der Waals surface area contributed by atoms with Crippen molar-refractivity contribution >= 4 is 5.91 Å². The first-order chi connectivity index (χ1) is 11.2. The summed E-state index contributed by atoms with van der Waals surface area (Å²) in [6, 6.07) is 19.1. The second-order valence-corrected chi connectivity index (χ2v) is 4.90. The summed E-state index contributed by atoms with van der Waals surface area (Å²) in [5.74, 6) is 0.0142. The monoisotopic (exact) mass is 305 g/mol. The summed E-state index contributed by atoms with van der Waals surface area (Å²) in [7, 11) is 0. The van der Waals surface area contributed by atoms with E-state index in [1.807, 2.05) is 54.6 Å². The molecule has 1 amide bonds. The van der Waals surface area contributed by atoms with Gasteiger partial charge >= 0.3 is 0 Å². The molecule has 0 bridgehead atoms. The van der Waals surface area contributed by atoms with Crippen molar-refractivity contribution in [1.29, 1.82) is 0 Å². The zero-order valence-corrected chi connectivity index (χ0v) is 12.3. The van der Waals surface area contributed by atoms with Crippen molar-refractivity contribution in [2.24, 2.45) is 5.73 Å². The van der Waals surface area contributed by atoms with Crippen molar-refractivity contribution in [2.75, 3.05) is 0 Å². The van der Waals surface area contributed by atoms with Crippen molar-refractivity contribution in [3.63, 3.8) is 0 Å². The average molecular weight is 305 g/mol. The lowest BCUT2D eigenvalue weighted by molar-refractivity contribution is 0.0990. The van der Waals surface area contributed by atoms with Crippen molar-refractivity contribution in [3.8, 4) is 17.0 Å². The van der Waals surface area contributed by atoms with Crippen LogP contribution in [0.25, 0.3) is 11.3 Å². The summed E-state index contributed by atoms with van der Waals surface area (Å²) in [6.07, 6.45) is 1.51. The van der Waals surface area contributed by atoms with Crippen LogP contribution in [0.5, 0.6) is 5.75 Å². The second kappa shape index (κ2) is 6.70. The van der Waals surface area contributed by atoms with Gasteiger partial charge in [0.05, 0.1) is 5.69 Å². The standard InChI is InChI=1S/C18H15N3O2/c19-17(22)18-20-11-10-15(21-18)14-8-4-5-9-16(14)23-12-13-6-2-1-3-7-13/h1-11H,12H2,(H2,19,22). The van der Waals surface area contributed by atoms with Gasteiger partial charge in [-0.25, -0.2) is 9.97 Å². The van der Waals surface area contributed by atoms with Gasteiger partial charge in [0.2, 0.25) is 5.82 Å². The van der Waals surface area contributed by atoms with Gasteiger partial charge in [-0.05, 0) is 23.8 Å². The Hall–Kier alpha value is -3.21. The van der Waals surface area contributed by atoms with Gasteiger partial charge in [0, 0.05) is 11.8 Å². The third kappa shape index (κ3) is 3.52. The predicted octanol–water partition coefficient (Wildman–Crippen LogP) is 2.82. The number of rotatable bonds is 5. The molecule has 23 heavy (non-hydrogen) atoms. The van der Waals surface area contributed by atoms with Gasteiger partial charge in [0.1, 0.15) is 12.4 Å². The van der Waals surface area contributed by atoms with E-state index in [2.05, 4.69) is 9.97 Å². The van der Waals surface area contributed by atoms with Gasteiger partial charge in [-0.2, -0.15) is 0 Å². The maximum Gasteiger partial charge on any atom is 0.286 e. The van der Waals surface area contributed by atoms with E-state index in [4.69, 9.17) is 10.5 Å². The quantitative estimate of drug-likeness (QED) is 0.786. The molecule has 5 nitrogen and oxygen atoms in total. The zero-order valence-electron chi connectivity index (χ0n) is 12.3. The molecular weight excluding hydrogens is 290 g/mol. The SMILES string of the molecule is NC(=O)c1nccc(-c2ccccc2OCc2ccccc2)n1. The fourth-order valence-electron chi connectivity index (χ4n) is 2.17. The molecule has 1 aromatic heterocycles. The van der Waals surface area contributed by atoms with Gasteiger partial charge < -0.3 is 10.5 Å². The lowest BCUT2D eigenvalue weighted by Crippen LogP contribution is -2.15. The van der Waals surface area contributed by atoms with E-state index in [0.717, 1.165) is 11.1 Å². The molecule has 0 aliphatic heterocycles. The fraction of sp³-hybridized carbons (Fsp3) is 0.0556. The fourth-order valence-corrected chi connectivity index (χ4v) is 2.17. The molecule has 0 unspecified atom stereocenters. The number of carbonyl (C=O) groups is 1. The number of para-hydroxylation sites is 1. The number of amides is 1. The molecule has 0 aliphatic carbocycles. The molecule has 5 heteroatoms. The first-order valence-electron chi connectivity index (χ1n) is 7.13. The molecule has 0 spiro atoms. The molecule has 3 rings (SSSR count). The zero-order chi connectivity index (χ0) is 16.1. The largest absolute Gasteiger partial charge is 0.488 e. The summed E-state index contributed by atoms with van der Waals surface area (Å²) in [4.78, 5) is 19.3. The Bertz CT molecular complexity index is 819. The number of nitrogens with zero attached hydrogens (tertiary/aromatic N) is 2. The molecule has 0 saturated carbocycles. The van der Waals surface area contributed by atoms with Crippen LogP contribution in [0.3, 0.4) is 0 Å². The van der Waals surface area contributed by atoms with Crippen LogP contribution < -0.4 is 10.5 Å². The third-order valence-corrected chi connectivity index (χ3v) is 3.28. The molecule has 3 aromatic rings. The van der Waals surface area contributed by atoms with Gasteiger partial charge in [-0.15, -0.1) is 0 Å². The van der Waals surface area contributed by atoms with Gasteiger partial charge in [-0.3, -0.25) is 4.79 Å². The molecule has 114 valence electrons. The third-order valence-electron chi connectivity index (χ3n) is 3.28. The van der Waals surface area contributed by atoms with Crippen LogP contribution in [0.15, 0.2) is 66.9 Å². The lowest BCUT2D eigenvalue weighted by Gasteiger charge is -2.11. The minimum Gasteiger partial charge on any atom is -0.488 e. The van der Waals surface area contributed by atoms with Crippen LogP contribution in [0.1, 0.15) is 16.2 Å². The van der Waals surface area contributed by atoms with Crippen LogP contribution in [0.4, 0.5) is 0 Å². The van der Waals surface area contributed by atoms with Crippen molar-refractivity contribution in [1.82, 2.24) is 9.97 Å². The van der Waals surface area contributed by atoms with E-state index in [1.54, 1.807) is 6.07 Å². The van der Waals surface area contributed by atoms with Crippen LogP contribution in [-0.4, -0.2) is 15.9 Å². The minimum atomic E-state index is -0.658. The second-order valence-electron chi connectivity index (χ2n) is 4.90. The van der Waals surface area contributed by atoms with Crippen molar-refractivity contribution in [2.45, 2.75) is 6.61 Å². The Morgan fingerprint density at radius 2 is 1.74 bits per heavy atom. The molecule has 0 atom stereocenters. The molecule has 0 aliphatic rings. The highest BCUT2D eigenvalue weighted by Gasteiger charge is 2.11. The van der Waals surface area contributed by atoms with Gasteiger partial charge in [0.15, 0.2) is 0 Å². The van der Waals surface area contributed by atoms with Crippen LogP contribution in [0.2, 0.25) is 0 Å². The number of ether oxygens (including phenoxy) is 1. The molecule has 0 radical (unpaired) electrons. The Morgan fingerprint density at radius 1 is 1.00 bits per heavy atom. The van der Waals surface area contributed by atoms with E-state index in [-0.39, 0.29) is 5.82 Å². The first-order valence-corrected chi connectivity index (χ1v) is 7.13. The molecule has 2 aromatic carbocycles. The smallest absolute Gasteiger partial charge is 0.286 e. The highest BCUT2D eigenvalue weighted by atomic mass is 16.5. The number of primary amides is 1. The average Bonchev–Trinajstić information content (AvgIpc) is 2.61. The number of hydrogen-bond acceptors (Lipinski definition) is 4. The molecule has 0 fully saturated rings. The van der Waals surface area contributed by atoms with Gasteiger partial charge in [-0.1, -0.05) is 42.5 Å². The van der Waals surface area contributed by atoms with Crippen LogP contribution in [-0.2, 0) is 6.61 Å². The highest BCUT2D eigenvalue weighted by molar-refractivity contribution is 5.89. The number of carbonyl (C=O) groups excluding carboxylic acids is 1. The molecule has 2 N–H and O–H groups in total. The maximum absolute atomic E-state index is 11.2. The Balaban J connectivity index is 1.89. The van der Waals surface area contributed by atoms with E-state index < -0.39 is 5.91 Å². The first kappa shape index (κ1) is 14.7. The van der Waals surface area contributed by atoms with E-state index in [9.17, 15) is 4.79 Å². The molecule has 0 saturated heterocycles. The Kier molecular flexibility index (Phi) is 4.29. The number of hydrogen-bond donors (Lipinski definition) is 1. The number of aromatic nitrogens is 2. The van der Waals surface area contributed by atoms with E-state index >= 15 is 0 Å². The molecule has 1 heterocycles. The van der Waals surface area contributed by atoms with E-state index in [0.29, 0.717) is 18.1 Å². The topological polar surface area (TPSA) is 78.1 Å².